The molecule has 1 aromatic heterocycles. The van der Waals surface area contributed by atoms with Gasteiger partial charge in [-0.05, 0) is 0 Å². The van der Waals surface area contributed by atoms with Crippen LogP contribution in [0.15, 0.2) is 21.9 Å². The number of phosphoric ester groups is 1. The standard InChI is InChI=1S/C9H13N2O9P.2Na/c12-5-1-2-11(9(15)10-5)8-7(14)6(13)4(20-8)3-19-21(16,17)18;;/h1-2,4,6-8,13-14H,3H2,(H,10,12,15)(H2,16,17,18);;/q;2*+1/p-2/t4-,6-,7-,8-;;/m0../s1. The maximum absolute atomic E-state index is 11.6. The Morgan fingerprint density at radius 3 is 2.43 bits per heavy atom. The summed E-state index contributed by atoms with van der Waals surface area (Å²) in [4.78, 5) is 45.2. The quantitative estimate of drug-likeness (QED) is 0.344. The van der Waals surface area contributed by atoms with Gasteiger partial charge in [0, 0.05) is 12.3 Å². The molecular formula is C9H11N2Na2O9P. The zero-order valence-corrected chi connectivity index (χ0v) is 17.2. The molecule has 1 aromatic rings. The second-order valence-corrected chi connectivity index (χ2v) is 5.46. The monoisotopic (exact) mass is 368 g/mol. The average molecular weight is 368 g/mol. The van der Waals surface area contributed by atoms with E-state index in [0.29, 0.717) is 0 Å². The maximum Gasteiger partial charge on any atom is 1.00 e. The number of ether oxygens (including phenoxy) is 1. The SMILES string of the molecule is O=c1ccn([C@H]2O[C@@H](COP(=O)([O-])[O-])[C@H](O)[C@@H]2O)c(=O)[nH]1.[Na+].[Na+]. The molecule has 1 aliphatic heterocycles. The fourth-order valence-corrected chi connectivity index (χ4v) is 2.22. The van der Waals surface area contributed by atoms with Crippen LogP contribution in [0.5, 0.6) is 0 Å². The molecular weight excluding hydrogens is 357 g/mol. The Hall–Kier alpha value is 0.670. The van der Waals surface area contributed by atoms with Crippen molar-refractivity contribution in [2.45, 2.75) is 24.5 Å². The van der Waals surface area contributed by atoms with Crippen LogP contribution in [0.3, 0.4) is 0 Å². The molecule has 11 nitrogen and oxygen atoms in total. The van der Waals surface area contributed by atoms with Gasteiger partial charge in [-0.1, -0.05) is 0 Å². The molecule has 0 saturated carbocycles. The van der Waals surface area contributed by atoms with Crippen molar-refractivity contribution in [1.82, 2.24) is 9.55 Å². The van der Waals surface area contributed by atoms with Gasteiger partial charge in [0.2, 0.25) is 0 Å². The molecule has 0 radical (unpaired) electrons. The van der Waals surface area contributed by atoms with E-state index < -0.39 is 50.2 Å². The molecule has 0 unspecified atom stereocenters. The molecule has 4 atom stereocenters. The molecule has 23 heavy (non-hydrogen) atoms. The summed E-state index contributed by atoms with van der Waals surface area (Å²) >= 11 is 0. The smallest absolute Gasteiger partial charge is 0.790 e. The van der Waals surface area contributed by atoms with E-state index in [-0.39, 0.29) is 59.1 Å². The fraction of sp³-hybridized carbons (Fsp3) is 0.556. The summed E-state index contributed by atoms with van der Waals surface area (Å²) in [5.41, 5.74) is -1.55. The number of aliphatic hydroxyl groups is 2. The van der Waals surface area contributed by atoms with Gasteiger partial charge in [0.05, 0.1) is 14.4 Å². The van der Waals surface area contributed by atoms with Crippen molar-refractivity contribution < 1.29 is 92.9 Å². The van der Waals surface area contributed by atoms with Crippen molar-refractivity contribution in [2.24, 2.45) is 0 Å². The van der Waals surface area contributed by atoms with E-state index in [9.17, 15) is 34.2 Å². The van der Waals surface area contributed by atoms with Gasteiger partial charge in [-0.2, -0.15) is 0 Å². The molecule has 14 heteroatoms. The Morgan fingerprint density at radius 2 is 1.91 bits per heavy atom. The second kappa shape index (κ2) is 9.39. The Bertz CT molecular complexity index is 673. The average Bonchev–Trinajstić information content (AvgIpc) is 2.64. The Kier molecular flexibility index (Phi) is 9.66. The first-order valence-electron chi connectivity index (χ1n) is 5.69. The van der Waals surface area contributed by atoms with E-state index in [1.54, 1.807) is 0 Å². The largest absolute Gasteiger partial charge is 1.00 e. The van der Waals surface area contributed by atoms with E-state index in [1.165, 1.54) is 0 Å². The van der Waals surface area contributed by atoms with Gasteiger partial charge in [0.15, 0.2) is 6.23 Å². The molecule has 1 fully saturated rings. The summed E-state index contributed by atoms with van der Waals surface area (Å²) in [6.45, 7) is -0.808. The molecule has 0 aromatic carbocycles. The maximum atomic E-state index is 11.6. The molecule has 0 aliphatic carbocycles. The van der Waals surface area contributed by atoms with Gasteiger partial charge in [0.1, 0.15) is 18.3 Å². The zero-order chi connectivity index (χ0) is 15.8. The van der Waals surface area contributed by atoms with Crippen LogP contribution in [-0.2, 0) is 13.8 Å². The van der Waals surface area contributed by atoms with Crippen LogP contribution < -0.4 is 80.2 Å². The fourth-order valence-electron chi connectivity index (χ4n) is 1.89. The zero-order valence-electron chi connectivity index (χ0n) is 12.3. The summed E-state index contributed by atoms with van der Waals surface area (Å²) in [5.74, 6) is 0. The molecule has 1 saturated heterocycles. The normalized spacial score (nSPS) is 27.1. The van der Waals surface area contributed by atoms with E-state index in [4.69, 9.17) is 4.74 Å². The van der Waals surface area contributed by atoms with Crippen LogP contribution in [0.1, 0.15) is 6.23 Å². The van der Waals surface area contributed by atoms with Gasteiger partial charge in [-0.25, -0.2) is 4.79 Å². The number of rotatable bonds is 4. The van der Waals surface area contributed by atoms with E-state index in [0.717, 1.165) is 16.8 Å². The molecule has 118 valence electrons. The van der Waals surface area contributed by atoms with Crippen molar-refractivity contribution in [3.05, 3.63) is 33.1 Å². The molecule has 3 N–H and O–H groups in total. The van der Waals surface area contributed by atoms with Crippen LogP contribution in [0.2, 0.25) is 0 Å². The molecule has 0 amide bonds. The van der Waals surface area contributed by atoms with Crippen molar-refractivity contribution in [1.29, 1.82) is 0 Å². The first-order valence-corrected chi connectivity index (χ1v) is 7.15. The third-order valence-corrected chi connectivity index (χ3v) is 3.32. The first-order chi connectivity index (χ1) is 9.69. The van der Waals surface area contributed by atoms with Gasteiger partial charge in [0.25, 0.3) is 5.56 Å². The Morgan fingerprint density at radius 1 is 1.30 bits per heavy atom. The van der Waals surface area contributed by atoms with E-state index >= 15 is 0 Å². The number of phosphoric acid groups is 1. The third-order valence-electron chi connectivity index (χ3n) is 2.86. The number of nitrogens with one attached hydrogen (secondary N) is 1. The minimum atomic E-state index is -5.26. The van der Waals surface area contributed by atoms with Crippen molar-refractivity contribution >= 4 is 7.82 Å². The molecule has 1 aliphatic rings. The van der Waals surface area contributed by atoms with Crippen molar-refractivity contribution in [2.75, 3.05) is 6.61 Å². The third kappa shape index (κ3) is 6.15. The van der Waals surface area contributed by atoms with Crippen LogP contribution in [0, 0.1) is 0 Å². The molecule has 0 spiro atoms. The Balaban J connectivity index is 0.00000242. The van der Waals surface area contributed by atoms with E-state index in [2.05, 4.69) is 4.52 Å². The van der Waals surface area contributed by atoms with Gasteiger partial charge >= 0.3 is 64.8 Å². The van der Waals surface area contributed by atoms with Crippen LogP contribution >= 0.6 is 7.82 Å². The number of aliphatic hydroxyl groups excluding tert-OH is 2. The van der Waals surface area contributed by atoms with Crippen molar-refractivity contribution in [3.8, 4) is 0 Å². The second-order valence-electron chi connectivity index (χ2n) is 4.31. The summed E-state index contributed by atoms with van der Waals surface area (Å²) in [6, 6.07) is 0.997. The van der Waals surface area contributed by atoms with E-state index in [1.807, 2.05) is 4.98 Å². The van der Waals surface area contributed by atoms with Gasteiger partial charge < -0.3 is 33.8 Å². The number of aromatic nitrogens is 2. The number of hydrogen-bond donors (Lipinski definition) is 3. The summed E-state index contributed by atoms with van der Waals surface area (Å²) in [6.07, 6.45) is -4.83. The van der Waals surface area contributed by atoms with Crippen LogP contribution in [0.25, 0.3) is 0 Å². The summed E-state index contributed by atoms with van der Waals surface area (Å²) < 4.78 is 20.3. The number of hydrogen-bond acceptors (Lipinski definition) is 9. The molecule has 0 bridgehead atoms. The predicted octanol–water partition coefficient (Wildman–Crippen LogP) is -9.99. The summed E-state index contributed by atoms with van der Waals surface area (Å²) in [7, 11) is -5.26. The van der Waals surface area contributed by atoms with Gasteiger partial charge in [-0.15, -0.1) is 0 Å². The predicted molar refractivity (Wildman–Crippen MR) is 60.8 cm³/mol. The number of H-pyrrole nitrogens is 1. The molecule has 2 heterocycles. The first kappa shape index (κ1) is 23.7. The van der Waals surface area contributed by atoms with Crippen molar-refractivity contribution in [3.63, 3.8) is 0 Å². The summed E-state index contributed by atoms with van der Waals surface area (Å²) in [5, 5.41) is 19.5. The van der Waals surface area contributed by atoms with Crippen LogP contribution in [-0.4, -0.2) is 44.7 Å². The topological polar surface area (TPSA) is 177 Å². The minimum Gasteiger partial charge on any atom is -0.790 e. The number of aromatic amines is 1. The molecule has 2 rings (SSSR count). The number of nitrogens with zero attached hydrogens (tertiary/aromatic N) is 1. The van der Waals surface area contributed by atoms with Gasteiger partial charge in [-0.3, -0.25) is 14.3 Å². The van der Waals surface area contributed by atoms with Crippen LogP contribution in [0.4, 0.5) is 0 Å². The minimum absolute atomic E-state index is 0. The Labute approximate surface area is 173 Å².